The molecule has 1 aliphatic carbocycles. The van der Waals surface area contributed by atoms with Gasteiger partial charge in [-0.2, -0.15) is 0 Å². The molecule has 38 heavy (non-hydrogen) atoms. The summed E-state index contributed by atoms with van der Waals surface area (Å²) < 4.78 is 7.90. The molecule has 0 amide bonds. The van der Waals surface area contributed by atoms with Gasteiger partial charge in [0.25, 0.3) is 0 Å². The summed E-state index contributed by atoms with van der Waals surface area (Å²) in [4.78, 5) is 9.31. The molecule has 5 heteroatoms. The van der Waals surface area contributed by atoms with Crippen LogP contribution < -0.4 is 9.64 Å². The number of nitrogens with zero attached hydrogens (tertiary/aromatic N) is 3. The minimum Gasteiger partial charge on any atom is -0.468 e. The first-order chi connectivity index (χ1) is 18.7. The number of aryl methyl sites for hydroxylation is 2. The average Bonchev–Trinajstić information content (AvgIpc) is 3.63. The van der Waals surface area contributed by atoms with Gasteiger partial charge in [-0.3, -0.25) is 0 Å². The number of allylic oxidation sites excluding steroid dienone is 2. The number of hydrogen-bond donors (Lipinski definition) is 0. The van der Waals surface area contributed by atoms with E-state index in [0.717, 1.165) is 25.1 Å². The van der Waals surface area contributed by atoms with Crippen LogP contribution in [-0.4, -0.2) is 55.8 Å². The van der Waals surface area contributed by atoms with Crippen LogP contribution in [0.5, 0.6) is 5.75 Å². The summed E-state index contributed by atoms with van der Waals surface area (Å²) in [5.41, 5.74) is 6.29. The smallest absolute Gasteiger partial charge is 0.172 e. The fourth-order valence-corrected chi connectivity index (χ4v) is 8.36. The molecule has 1 fully saturated rings. The number of fused-ring (bicyclic) bond motifs is 2. The molecule has 4 nitrogen and oxygen atoms in total. The van der Waals surface area contributed by atoms with E-state index in [4.69, 9.17) is 4.74 Å². The number of hydrogen-bond acceptors (Lipinski definition) is 5. The van der Waals surface area contributed by atoms with E-state index in [2.05, 4.69) is 84.1 Å². The molecule has 202 valence electrons. The Morgan fingerprint density at radius 1 is 0.921 bits per heavy atom. The van der Waals surface area contributed by atoms with Gasteiger partial charge < -0.3 is 19.4 Å². The molecule has 3 heterocycles. The van der Waals surface area contributed by atoms with Crippen molar-refractivity contribution in [2.75, 3.05) is 44.7 Å². The predicted octanol–water partition coefficient (Wildman–Crippen LogP) is 7.33. The van der Waals surface area contributed by atoms with Gasteiger partial charge in [0.15, 0.2) is 6.23 Å². The zero-order chi connectivity index (χ0) is 26.1. The fourth-order valence-electron chi connectivity index (χ4n) is 7.06. The van der Waals surface area contributed by atoms with Crippen LogP contribution in [0.3, 0.4) is 0 Å². The Morgan fingerprint density at radius 2 is 1.71 bits per heavy atom. The van der Waals surface area contributed by atoms with Crippen molar-refractivity contribution in [3.63, 3.8) is 0 Å². The van der Waals surface area contributed by atoms with Gasteiger partial charge >= 0.3 is 0 Å². The minimum absolute atomic E-state index is 0.167. The van der Waals surface area contributed by atoms with Crippen molar-refractivity contribution in [2.24, 2.45) is 5.92 Å². The second-order valence-corrected chi connectivity index (χ2v) is 12.4. The second kappa shape index (κ2) is 11.3. The normalized spacial score (nSPS) is 22.0. The lowest BCUT2D eigenvalue weighted by Gasteiger charge is -2.38. The monoisotopic (exact) mass is 529 g/mol. The molecule has 2 unspecified atom stereocenters. The molecule has 3 aromatic rings. The van der Waals surface area contributed by atoms with Gasteiger partial charge in [0.2, 0.25) is 0 Å². The highest BCUT2D eigenvalue weighted by Gasteiger charge is 2.34. The average molecular weight is 530 g/mol. The summed E-state index contributed by atoms with van der Waals surface area (Å²) in [7, 11) is 2.26. The summed E-state index contributed by atoms with van der Waals surface area (Å²) in [6.07, 6.45) is 8.57. The van der Waals surface area contributed by atoms with E-state index < -0.39 is 0 Å². The molecule has 0 N–H and O–H groups in total. The number of ether oxygens (including phenoxy) is 1. The molecular formula is C33H43N3OS. The largest absolute Gasteiger partial charge is 0.468 e. The Kier molecular flexibility index (Phi) is 7.67. The minimum atomic E-state index is 0.167. The third-order valence-corrected chi connectivity index (χ3v) is 10.3. The first-order valence-electron chi connectivity index (χ1n) is 14.8. The molecular weight excluding hydrogens is 486 g/mol. The number of piperazine rings is 1. The first-order valence-corrected chi connectivity index (χ1v) is 15.6. The van der Waals surface area contributed by atoms with Crippen LogP contribution in [0.25, 0.3) is 10.1 Å². The number of anilines is 1. The van der Waals surface area contributed by atoms with Gasteiger partial charge in [0.1, 0.15) is 5.75 Å². The highest BCUT2D eigenvalue weighted by Crippen LogP contribution is 2.43. The SMILES string of the molecule is CCc1c(CCC2=C(N3CCN(C)CC3)C(CCC3Oc4ccccc4N3CC)CC2)sc2ccccc12. The van der Waals surface area contributed by atoms with E-state index in [-0.39, 0.29) is 6.23 Å². The van der Waals surface area contributed by atoms with Crippen LogP contribution in [0.4, 0.5) is 5.69 Å². The lowest BCUT2D eigenvalue weighted by molar-refractivity contribution is 0.164. The zero-order valence-electron chi connectivity index (χ0n) is 23.4. The number of benzene rings is 2. The van der Waals surface area contributed by atoms with E-state index in [1.165, 1.54) is 74.1 Å². The maximum Gasteiger partial charge on any atom is 0.172 e. The molecule has 1 aromatic heterocycles. The zero-order valence-corrected chi connectivity index (χ0v) is 24.2. The Morgan fingerprint density at radius 3 is 2.53 bits per heavy atom. The van der Waals surface area contributed by atoms with Gasteiger partial charge in [0, 0.05) is 54.4 Å². The third-order valence-electron chi connectivity index (χ3n) is 9.06. The van der Waals surface area contributed by atoms with Crippen molar-refractivity contribution in [1.29, 1.82) is 0 Å². The topological polar surface area (TPSA) is 19.0 Å². The summed E-state index contributed by atoms with van der Waals surface area (Å²) in [6, 6.07) is 17.5. The lowest BCUT2D eigenvalue weighted by Crippen LogP contribution is -2.45. The maximum atomic E-state index is 6.44. The number of rotatable bonds is 9. The van der Waals surface area contributed by atoms with Crippen molar-refractivity contribution >= 4 is 27.1 Å². The predicted molar refractivity (Wildman–Crippen MR) is 161 cm³/mol. The first kappa shape index (κ1) is 25.8. The standard InChI is InChI=1S/C33H43N3OS/c1-4-26-27-10-6-9-13-30(27)38-31(26)18-16-24-14-15-25(33(24)35-22-20-34(3)21-23-35)17-19-32-36(5-2)28-11-7-8-12-29(28)37-32/h6-13,25,32H,4-5,14-23H2,1-3H3. The van der Waals surface area contributed by atoms with Crippen LogP contribution in [0, 0.1) is 5.92 Å². The molecule has 0 radical (unpaired) electrons. The molecule has 2 aliphatic heterocycles. The molecule has 0 spiro atoms. The lowest BCUT2D eigenvalue weighted by atomic mass is 9.97. The van der Waals surface area contributed by atoms with Crippen molar-refractivity contribution in [1.82, 2.24) is 9.80 Å². The van der Waals surface area contributed by atoms with Gasteiger partial charge in [-0.05, 0) is 87.6 Å². The Hall–Kier alpha value is -2.50. The van der Waals surface area contributed by atoms with E-state index in [9.17, 15) is 0 Å². The number of thiophene rings is 1. The van der Waals surface area contributed by atoms with Gasteiger partial charge in [0.05, 0.1) is 5.69 Å². The molecule has 1 saturated heterocycles. The van der Waals surface area contributed by atoms with Crippen molar-refractivity contribution in [2.45, 2.75) is 65.0 Å². The second-order valence-electron chi connectivity index (χ2n) is 11.3. The summed E-state index contributed by atoms with van der Waals surface area (Å²) in [6.45, 7) is 10.2. The van der Waals surface area contributed by atoms with Gasteiger partial charge in [-0.1, -0.05) is 42.8 Å². The maximum absolute atomic E-state index is 6.44. The van der Waals surface area contributed by atoms with E-state index >= 15 is 0 Å². The van der Waals surface area contributed by atoms with Crippen LogP contribution in [0.15, 0.2) is 59.8 Å². The Balaban J connectivity index is 1.20. The molecule has 2 aromatic carbocycles. The number of para-hydroxylation sites is 2. The molecule has 2 atom stereocenters. The van der Waals surface area contributed by atoms with Crippen LogP contribution in [-0.2, 0) is 12.8 Å². The number of likely N-dealkylation sites (N-methyl/N-ethyl adjacent to an activating group) is 1. The van der Waals surface area contributed by atoms with Crippen LogP contribution >= 0.6 is 11.3 Å². The quantitative estimate of drug-likeness (QED) is 0.289. The third kappa shape index (κ3) is 4.96. The highest BCUT2D eigenvalue weighted by atomic mass is 32.1. The molecule has 6 rings (SSSR count). The Bertz CT molecular complexity index is 1290. The summed E-state index contributed by atoms with van der Waals surface area (Å²) >= 11 is 2.03. The molecule has 0 bridgehead atoms. The van der Waals surface area contributed by atoms with E-state index in [1.54, 1.807) is 21.7 Å². The molecule has 0 saturated carbocycles. The fraction of sp³-hybridized carbons (Fsp3) is 0.515. The van der Waals surface area contributed by atoms with E-state index in [1.807, 2.05) is 11.3 Å². The van der Waals surface area contributed by atoms with Crippen LogP contribution in [0.2, 0.25) is 0 Å². The highest BCUT2D eigenvalue weighted by molar-refractivity contribution is 7.19. The van der Waals surface area contributed by atoms with Gasteiger partial charge in [-0.25, -0.2) is 0 Å². The van der Waals surface area contributed by atoms with Crippen molar-refractivity contribution < 1.29 is 4.74 Å². The summed E-state index contributed by atoms with van der Waals surface area (Å²) in [5, 5.41) is 1.48. The summed E-state index contributed by atoms with van der Waals surface area (Å²) in [5.74, 6) is 1.71. The Labute approximate surface area is 232 Å². The molecule has 3 aliphatic rings. The van der Waals surface area contributed by atoms with Crippen LogP contribution in [0.1, 0.15) is 56.4 Å². The van der Waals surface area contributed by atoms with Crippen molar-refractivity contribution in [3.8, 4) is 5.75 Å². The van der Waals surface area contributed by atoms with Gasteiger partial charge in [-0.15, -0.1) is 11.3 Å². The van der Waals surface area contributed by atoms with Crippen molar-refractivity contribution in [3.05, 3.63) is 70.2 Å². The van der Waals surface area contributed by atoms with E-state index in [0.29, 0.717) is 5.92 Å².